The van der Waals surface area contributed by atoms with Crippen LogP contribution >= 0.6 is 0 Å². The lowest BCUT2D eigenvalue weighted by Crippen LogP contribution is -2.37. The fourth-order valence-corrected chi connectivity index (χ4v) is 2.17. The Morgan fingerprint density at radius 3 is 2.33 bits per heavy atom. The van der Waals surface area contributed by atoms with Crippen LogP contribution < -0.4 is 4.74 Å². The average molecular weight is 290 g/mol. The van der Waals surface area contributed by atoms with Crippen LogP contribution in [0.3, 0.4) is 0 Å². The van der Waals surface area contributed by atoms with E-state index in [0.29, 0.717) is 12.2 Å². The van der Waals surface area contributed by atoms with Crippen LogP contribution in [-0.4, -0.2) is 12.9 Å². The molecule has 118 valence electrons. The zero-order valence-electron chi connectivity index (χ0n) is 14.5. The van der Waals surface area contributed by atoms with E-state index in [1.54, 1.807) is 7.11 Å². The van der Waals surface area contributed by atoms with E-state index < -0.39 is 0 Å². The van der Waals surface area contributed by atoms with Gasteiger partial charge in [-0.2, -0.15) is 0 Å². The van der Waals surface area contributed by atoms with Gasteiger partial charge in [0.25, 0.3) is 0 Å². The van der Waals surface area contributed by atoms with E-state index in [1.807, 2.05) is 12.1 Å². The number of unbranched alkanes of at least 4 members (excludes halogenated alkanes) is 1. The summed E-state index contributed by atoms with van der Waals surface area (Å²) < 4.78 is 5.23. The average Bonchev–Trinajstić information content (AvgIpc) is 2.42. The highest BCUT2D eigenvalue weighted by atomic mass is 16.5. The number of benzene rings is 1. The Labute approximate surface area is 129 Å². The van der Waals surface area contributed by atoms with Crippen LogP contribution in [-0.2, 0) is 11.2 Å². The van der Waals surface area contributed by atoms with E-state index in [0.717, 1.165) is 25.0 Å². The summed E-state index contributed by atoms with van der Waals surface area (Å²) in [5, 5.41) is 0. The largest absolute Gasteiger partial charge is 0.497 e. The third-order valence-electron chi connectivity index (χ3n) is 4.83. The van der Waals surface area contributed by atoms with Crippen molar-refractivity contribution >= 4 is 5.78 Å². The number of methoxy groups -OCH3 is 1. The molecule has 0 aliphatic carbocycles. The van der Waals surface area contributed by atoms with Crippen LogP contribution in [0.15, 0.2) is 24.3 Å². The fraction of sp³-hybridized carbons (Fsp3) is 0.632. The molecular weight excluding hydrogens is 260 g/mol. The molecule has 1 aromatic rings. The number of rotatable bonds is 7. The molecule has 2 nitrogen and oxygen atoms in total. The molecule has 0 radical (unpaired) electrons. The van der Waals surface area contributed by atoms with Crippen LogP contribution in [0.2, 0.25) is 0 Å². The number of ether oxygens (including phenoxy) is 1. The molecule has 2 heteroatoms. The number of ketones is 1. The Balaban J connectivity index is 2.42. The lowest BCUT2D eigenvalue weighted by atomic mass is 9.66. The Bertz CT molecular complexity index is 467. The molecule has 0 spiro atoms. The van der Waals surface area contributed by atoms with Crippen molar-refractivity contribution in [3.8, 4) is 5.75 Å². The van der Waals surface area contributed by atoms with Crippen molar-refractivity contribution in [1.82, 2.24) is 0 Å². The molecule has 0 N–H and O–H groups in total. The summed E-state index contributed by atoms with van der Waals surface area (Å²) in [5.74, 6) is 1.28. The standard InChI is InChI=1S/C19H30O2/c1-18(2,3)19(4,5)17(20)13-8-7-10-15-11-9-12-16(14-15)21-6/h9,11-12,14H,7-8,10,13H2,1-6H3. The highest BCUT2D eigenvalue weighted by molar-refractivity contribution is 5.84. The van der Waals surface area contributed by atoms with E-state index in [2.05, 4.69) is 46.8 Å². The summed E-state index contributed by atoms with van der Waals surface area (Å²) in [5.41, 5.74) is 1.02. The van der Waals surface area contributed by atoms with Gasteiger partial charge in [0.1, 0.15) is 11.5 Å². The Morgan fingerprint density at radius 1 is 1.10 bits per heavy atom. The summed E-state index contributed by atoms with van der Waals surface area (Å²) in [6.45, 7) is 10.6. The van der Waals surface area contributed by atoms with Gasteiger partial charge in [0, 0.05) is 11.8 Å². The van der Waals surface area contributed by atoms with Crippen LogP contribution in [0.25, 0.3) is 0 Å². The zero-order chi connectivity index (χ0) is 16.1. The highest BCUT2D eigenvalue weighted by Crippen LogP contribution is 2.39. The van der Waals surface area contributed by atoms with Crippen LogP contribution in [0, 0.1) is 10.8 Å². The van der Waals surface area contributed by atoms with Gasteiger partial charge in [-0.3, -0.25) is 4.79 Å². The Morgan fingerprint density at radius 2 is 1.76 bits per heavy atom. The lowest BCUT2D eigenvalue weighted by molar-refractivity contribution is -0.132. The first-order valence-corrected chi connectivity index (χ1v) is 7.84. The van der Waals surface area contributed by atoms with Crippen molar-refractivity contribution in [2.45, 2.75) is 60.3 Å². The minimum Gasteiger partial charge on any atom is -0.497 e. The molecule has 0 bridgehead atoms. The molecule has 0 atom stereocenters. The minimum absolute atomic E-state index is 0.0108. The third kappa shape index (κ3) is 4.87. The van der Waals surface area contributed by atoms with Crippen molar-refractivity contribution < 1.29 is 9.53 Å². The van der Waals surface area contributed by atoms with E-state index in [-0.39, 0.29) is 10.8 Å². The topological polar surface area (TPSA) is 26.3 Å². The normalized spacial score (nSPS) is 12.3. The second-order valence-corrected chi connectivity index (χ2v) is 7.36. The quantitative estimate of drug-likeness (QED) is 0.657. The molecule has 1 aromatic carbocycles. The van der Waals surface area contributed by atoms with Gasteiger partial charge in [-0.15, -0.1) is 0 Å². The van der Waals surface area contributed by atoms with Crippen molar-refractivity contribution in [1.29, 1.82) is 0 Å². The monoisotopic (exact) mass is 290 g/mol. The number of Topliss-reactive ketones (excluding diaryl/α,β-unsaturated/α-hetero) is 1. The SMILES string of the molecule is COc1cccc(CCCCC(=O)C(C)(C)C(C)(C)C)c1. The van der Waals surface area contributed by atoms with Gasteiger partial charge in [0.05, 0.1) is 7.11 Å². The number of carbonyl (C=O) groups excluding carboxylic acids is 1. The molecule has 0 saturated heterocycles. The molecule has 21 heavy (non-hydrogen) atoms. The summed E-state index contributed by atoms with van der Waals surface area (Å²) in [6.07, 6.45) is 3.67. The highest BCUT2D eigenvalue weighted by Gasteiger charge is 2.38. The molecule has 0 amide bonds. The van der Waals surface area contributed by atoms with Gasteiger partial charge in [-0.1, -0.05) is 46.8 Å². The van der Waals surface area contributed by atoms with E-state index in [4.69, 9.17) is 4.74 Å². The molecule has 0 aliphatic heterocycles. The first kappa shape index (κ1) is 17.7. The minimum atomic E-state index is -0.261. The first-order chi connectivity index (χ1) is 9.68. The lowest BCUT2D eigenvalue weighted by Gasteiger charge is -2.37. The number of carbonyl (C=O) groups is 1. The van der Waals surface area contributed by atoms with Crippen LogP contribution in [0.1, 0.15) is 59.4 Å². The Hall–Kier alpha value is -1.31. The molecule has 0 fully saturated rings. The van der Waals surface area contributed by atoms with E-state index in [1.165, 1.54) is 5.56 Å². The molecule has 0 aromatic heterocycles. The Kier molecular flexibility index (Phi) is 6.00. The molecule has 1 rings (SSSR count). The van der Waals surface area contributed by atoms with Gasteiger partial charge < -0.3 is 4.74 Å². The number of hydrogen-bond donors (Lipinski definition) is 0. The molecule has 0 unspecified atom stereocenters. The van der Waals surface area contributed by atoms with Crippen molar-refractivity contribution in [2.75, 3.05) is 7.11 Å². The van der Waals surface area contributed by atoms with Crippen LogP contribution in [0.4, 0.5) is 0 Å². The van der Waals surface area contributed by atoms with Gasteiger partial charge in [0.2, 0.25) is 0 Å². The number of aryl methyl sites for hydroxylation is 1. The summed E-state index contributed by atoms with van der Waals surface area (Å²) in [4.78, 5) is 12.4. The molecule has 0 heterocycles. The van der Waals surface area contributed by atoms with Crippen molar-refractivity contribution in [3.63, 3.8) is 0 Å². The van der Waals surface area contributed by atoms with Gasteiger partial charge in [0.15, 0.2) is 0 Å². The van der Waals surface area contributed by atoms with Gasteiger partial charge >= 0.3 is 0 Å². The second kappa shape index (κ2) is 7.11. The third-order valence-corrected chi connectivity index (χ3v) is 4.83. The molecular formula is C19H30O2. The molecule has 0 saturated carbocycles. The maximum absolute atomic E-state index is 12.4. The molecule has 0 aliphatic rings. The number of hydrogen-bond acceptors (Lipinski definition) is 2. The first-order valence-electron chi connectivity index (χ1n) is 7.84. The zero-order valence-corrected chi connectivity index (χ0v) is 14.5. The predicted molar refractivity (Wildman–Crippen MR) is 88.8 cm³/mol. The van der Waals surface area contributed by atoms with Crippen LogP contribution in [0.5, 0.6) is 5.75 Å². The second-order valence-electron chi connectivity index (χ2n) is 7.36. The summed E-state index contributed by atoms with van der Waals surface area (Å²) >= 11 is 0. The smallest absolute Gasteiger partial charge is 0.139 e. The van der Waals surface area contributed by atoms with Gasteiger partial charge in [-0.25, -0.2) is 0 Å². The summed E-state index contributed by atoms with van der Waals surface area (Å²) in [6, 6.07) is 8.16. The predicted octanol–water partition coefficient (Wildman–Crippen LogP) is 5.05. The van der Waals surface area contributed by atoms with Gasteiger partial charge in [-0.05, 0) is 42.4 Å². The van der Waals surface area contributed by atoms with Crippen molar-refractivity contribution in [3.05, 3.63) is 29.8 Å². The maximum atomic E-state index is 12.4. The van der Waals surface area contributed by atoms with E-state index in [9.17, 15) is 4.79 Å². The summed E-state index contributed by atoms with van der Waals surface area (Å²) in [7, 11) is 1.69. The fourth-order valence-electron chi connectivity index (χ4n) is 2.17. The van der Waals surface area contributed by atoms with Crippen molar-refractivity contribution in [2.24, 2.45) is 10.8 Å². The van der Waals surface area contributed by atoms with E-state index >= 15 is 0 Å². The maximum Gasteiger partial charge on any atom is 0.139 e.